The van der Waals surface area contributed by atoms with Crippen LogP contribution in [-0.4, -0.2) is 5.92 Å². The summed E-state index contributed by atoms with van der Waals surface area (Å²) in [5.41, 5.74) is 0.0555. The van der Waals surface area contributed by atoms with E-state index in [2.05, 4.69) is 0 Å². The van der Waals surface area contributed by atoms with Crippen molar-refractivity contribution in [3.05, 3.63) is 0 Å². The van der Waals surface area contributed by atoms with Crippen LogP contribution in [0.25, 0.3) is 0 Å². The molecule has 1 saturated carbocycles. The maximum Gasteiger partial charge on any atom is 0.248 e. The monoisotopic (exact) mass is 162 g/mol. The first kappa shape index (κ1) is 8.95. The van der Waals surface area contributed by atoms with Crippen molar-refractivity contribution in [2.75, 3.05) is 0 Å². The van der Waals surface area contributed by atoms with Gasteiger partial charge in [0.25, 0.3) is 0 Å². The highest BCUT2D eigenvalue weighted by Gasteiger charge is 2.43. The lowest BCUT2D eigenvalue weighted by Crippen LogP contribution is -2.19. The molecule has 0 aromatic carbocycles. The standard InChI is InChI=1S/C9H16F2/c1-8(2,3)7-4-5-9(10,11)6-7/h7H,4-6H2,1-3H3. The Labute approximate surface area is 67.0 Å². The van der Waals surface area contributed by atoms with Gasteiger partial charge in [-0.3, -0.25) is 0 Å². The molecule has 0 amide bonds. The average molecular weight is 162 g/mol. The van der Waals surface area contributed by atoms with E-state index >= 15 is 0 Å². The molecule has 1 atom stereocenters. The molecule has 0 saturated heterocycles. The second-order valence-electron chi connectivity index (χ2n) is 4.66. The molecule has 66 valence electrons. The van der Waals surface area contributed by atoms with Crippen molar-refractivity contribution >= 4 is 0 Å². The van der Waals surface area contributed by atoms with Crippen LogP contribution in [0, 0.1) is 11.3 Å². The molecular weight excluding hydrogens is 146 g/mol. The minimum Gasteiger partial charge on any atom is -0.207 e. The van der Waals surface area contributed by atoms with Crippen molar-refractivity contribution < 1.29 is 8.78 Å². The van der Waals surface area contributed by atoms with Crippen molar-refractivity contribution in [2.45, 2.75) is 46.0 Å². The van der Waals surface area contributed by atoms with Gasteiger partial charge in [-0.05, 0) is 17.8 Å². The van der Waals surface area contributed by atoms with Crippen molar-refractivity contribution in [3.8, 4) is 0 Å². The summed E-state index contributed by atoms with van der Waals surface area (Å²) in [6, 6.07) is 0. The van der Waals surface area contributed by atoms with Gasteiger partial charge in [0.05, 0.1) is 0 Å². The maximum atomic E-state index is 12.7. The van der Waals surface area contributed by atoms with E-state index in [0.29, 0.717) is 6.42 Å². The van der Waals surface area contributed by atoms with Crippen molar-refractivity contribution in [1.82, 2.24) is 0 Å². The molecule has 0 heterocycles. The predicted octanol–water partition coefficient (Wildman–Crippen LogP) is 3.47. The zero-order valence-electron chi connectivity index (χ0n) is 7.45. The van der Waals surface area contributed by atoms with E-state index in [9.17, 15) is 8.78 Å². The summed E-state index contributed by atoms with van der Waals surface area (Å²) in [6.45, 7) is 6.12. The van der Waals surface area contributed by atoms with E-state index in [0.717, 1.165) is 0 Å². The molecule has 0 N–H and O–H groups in total. The van der Waals surface area contributed by atoms with Crippen molar-refractivity contribution in [2.24, 2.45) is 11.3 Å². The van der Waals surface area contributed by atoms with Crippen LogP contribution in [0.4, 0.5) is 8.78 Å². The molecule has 0 nitrogen and oxygen atoms in total. The van der Waals surface area contributed by atoms with Gasteiger partial charge in [0.2, 0.25) is 5.92 Å². The average Bonchev–Trinajstić information content (AvgIpc) is 2.07. The molecule has 1 fully saturated rings. The minimum absolute atomic E-state index is 0.0555. The predicted molar refractivity (Wildman–Crippen MR) is 41.7 cm³/mol. The molecule has 0 bridgehead atoms. The number of alkyl halides is 2. The second-order valence-corrected chi connectivity index (χ2v) is 4.66. The third-order valence-corrected chi connectivity index (χ3v) is 2.63. The molecule has 1 aliphatic carbocycles. The van der Waals surface area contributed by atoms with Gasteiger partial charge in [0.1, 0.15) is 0 Å². The Balaban J connectivity index is 2.55. The SMILES string of the molecule is CC(C)(C)C1CCC(F)(F)C1. The normalized spacial score (nSPS) is 30.8. The van der Waals surface area contributed by atoms with Crippen molar-refractivity contribution in [1.29, 1.82) is 0 Å². The highest BCUT2D eigenvalue weighted by molar-refractivity contribution is 4.87. The van der Waals surface area contributed by atoms with Crippen molar-refractivity contribution in [3.63, 3.8) is 0 Å². The lowest BCUT2D eigenvalue weighted by atomic mass is 9.80. The first-order valence-corrected chi connectivity index (χ1v) is 4.19. The molecule has 0 aromatic heterocycles. The third-order valence-electron chi connectivity index (χ3n) is 2.63. The zero-order chi connectivity index (χ0) is 8.70. The number of hydrogen-bond donors (Lipinski definition) is 0. The molecule has 1 unspecified atom stereocenters. The number of halogens is 2. The maximum absolute atomic E-state index is 12.7. The quantitative estimate of drug-likeness (QED) is 0.511. The van der Waals surface area contributed by atoms with E-state index < -0.39 is 5.92 Å². The van der Waals surface area contributed by atoms with Gasteiger partial charge >= 0.3 is 0 Å². The molecule has 2 heteroatoms. The van der Waals surface area contributed by atoms with Gasteiger partial charge in [0, 0.05) is 12.8 Å². The van der Waals surface area contributed by atoms with Gasteiger partial charge in [-0.1, -0.05) is 20.8 Å². The Hall–Kier alpha value is -0.140. The Bertz CT molecular complexity index is 144. The van der Waals surface area contributed by atoms with Crippen LogP contribution in [-0.2, 0) is 0 Å². The number of hydrogen-bond acceptors (Lipinski definition) is 0. The van der Waals surface area contributed by atoms with Crippen LogP contribution >= 0.6 is 0 Å². The Kier molecular flexibility index (Phi) is 1.97. The highest BCUT2D eigenvalue weighted by atomic mass is 19.3. The van der Waals surface area contributed by atoms with E-state index in [4.69, 9.17) is 0 Å². The van der Waals surface area contributed by atoms with Crippen LogP contribution in [0.2, 0.25) is 0 Å². The topological polar surface area (TPSA) is 0 Å². The van der Waals surface area contributed by atoms with Crippen LogP contribution in [0.5, 0.6) is 0 Å². The lowest BCUT2D eigenvalue weighted by Gasteiger charge is -2.26. The minimum atomic E-state index is -2.38. The molecule has 1 rings (SSSR count). The fourth-order valence-corrected chi connectivity index (χ4v) is 1.69. The van der Waals surface area contributed by atoms with E-state index in [1.807, 2.05) is 20.8 Å². The molecule has 0 radical (unpaired) electrons. The largest absolute Gasteiger partial charge is 0.248 e. The summed E-state index contributed by atoms with van der Waals surface area (Å²) in [5.74, 6) is -2.17. The molecular formula is C9H16F2. The summed E-state index contributed by atoms with van der Waals surface area (Å²) >= 11 is 0. The number of rotatable bonds is 0. The molecule has 0 spiro atoms. The van der Waals surface area contributed by atoms with Gasteiger partial charge in [0.15, 0.2) is 0 Å². The van der Waals surface area contributed by atoms with Crippen LogP contribution in [0.15, 0.2) is 0 Å². The fraction of sp³-hybridized carbons (Fsp3) is 1.00. The molecule has 1 aliphatic rings. The fourth-order valence-electron chi connectivity index (χ4n) is 1.69. The van der Waals surface area contributed by atoms with Gasteiger partial charge in [-0.25, -0.2) is 8.78 Å². The molecule has 11 heavy (non-hydrogen) atoms. The van der Waals surface area contributed by atoms with E-state index in [-0.39, 0.29) is 24.2 Å². The Morgan fingerprint density at radius 1 is 1.27 bits per heavy atom. The summed E-state index contributed by atoms with van der Waals surface area (Å²) in [7, 11) is 0. The first-order valence-electron chi connectivity index (χ1n) is 4.19. The summed E-state index contributed by atoms with van der Waals surface area (Å²) < 4.78 is 25.4. The first-order chi connectivity index (χ1) is 4.81. The lowest BCUT2D eigenvalue weighted by molar-refractivity contribution is -0.000954. The molecule has 0 aromatic rings. The third kappa shape index (κ3) is 2.14. The van der Waals surface area contributed by atoms with Gasteiger partial charge in [-0.15, -0.1) is 0 Å². The van der Waals surface area contributed by atoms with E-state index in [1.54, 1.807) is 0 Å². The van der Waals surface area contributed by atoms with Crippen LogP contribution in [0.3, 0.4) is 0 Å². The Morgan fingerprint density at radius 3 is 2.00 bits per heavy atom. The van der Waals surface area contributed by atoms with Crippen LogP contribution in [0.1, 0.15) is 40.0 Å². The summed E-state index contributed by atoms with van der Waals surface area (Å²) in [4.78, 5) is 0. The zero-order valence-corrected chi connectivity index (χ0v) is 7.45. The summed E-state index contributed by atoms with van der Waals surface area (Å²) in [6.07, 6.45) is 0.877. The highest BCUT2D eigenvalue weighted by Crippen LogP contribution is 2.46. The second kappa shape index (κ2) is 2.43. The van der Waals surface area contributed by atoms with Gasteiger partial charge < -0.3 is 0 Å². The molecule has 0 aliphatic heterocycles. The Morgan fingerprint density at radius 2 is 1.82 bits per heavy atom. The summed E-state index contributed by atoms with van der Waals surface area (Å²) in [5, 5.41) is 0. The van der Waals surface area contributed by atoms with E-state index in [1.165, 1.54) is 0 Å². The van der Waals surface area contributed by atoms with Gasteiger partial charge in [-0.2, -0.15) is 0 Å². The van der Waals surface area contributed by atoms with Crippen LogP contribution < -0.4 is 0 Å². The smallest absolute Gasteiger partial charge is 0.207 e.